The van der Waals surface area contributed by atoms with Gasteiger partial charge in [0.2, 0.25) is 0 Å². The Morgan fingerprint density at radius 3 is 2.18 bits per heavy atom. The second-order valence-electron chi connectivity index (χ2n) is 3.40. The summed E-state index contributed by atoms with van der Waals surface area (Å²) in [6.07, 6.45) is 0. The molecule has 2 N–H and O–H groups in total. The van der Waals surface area contributed by atoms with Crippen molar-refractivity contribution in [1.82, 2.24) is 0 Å². The third-order valence-corrected chi connectivity index (χ3v) is 2.26. The van der Waals surface area contributed by atoms with Crippen molar-refractivity contribution in [1.29, 1.82) is 0 Å². The van der Waals surface area contributed by atoms with Crippen molar-refractivity contribution in [3.8, 4) is 11.5 Å². The van der Waals surface area contributed by atoms with Gasteiger partial charge in [-0.1, -0.05) is 30.3 Å². The van der Waals surface area contributed by atoms with Crippen molar-refractivity contribution in [2.75, 3.05) is 0 Å². The fourth-order valence-corrected chi connectivity index (χ4v) is 1.46. The minimum absolute atomic E-state index is 0. The average Bonchev–Trinajstić information content (AvgIpc) is 2.29. The van der Waals surface area contributed by atoms with Crippen molar-refractivity contribution in [2.24, 2.45) is 0 Å². The molecule has 2 radical (unpaired) electrons. The van der Waals surface area contributed by atoms with Gasteiger partial charge in [0.1, 0.15) is 11.5 Å². The van der Waals surface area contributed by atoms with E-state index in [0.717, 1.165) is 6.07 Å². The number of ketones is 1. The normalized spacial score (nSPS) is 9.41. The molecule has 0 saturated carbocycles. The van der Waals surface area contributed by atoms with E-state index in [2.05, 4.69) is 0 Å². The SMILES string of the molecule is O=C(c1ccccc1)c1ccc(O)cc1O.[PbH2]. The molecule has 0 saturated heterocycles. The van der Waals surface area contributed by atoms with Crippen molar-refractivity contribution >= 4 is 33.1 Å². The van der Waals surface area contributed by atoms with Crippen LogP contribution in [0.3, 0.4) is 0 Å². The molecule has 2 rings (SSSR count). The van der Waals surface area contributed by atoms with Crippen molar-refractivity contribution in [2.45, 2.75) is 0 Å². The number of hydrogen-bond acceptors (Lipinski definition) is 3. The molecule has 0 heterocycles. The first kappa shape index (κ1) is 13.7. The molecule has 0 bridgehead atoms. The molecule has 0 aliphatic rings. The third kappa shape index (κ3) is 3.06. The molecule has 2 aromatic carbocycles. The minimum atomic E-state index is -0.266. The molecule has 0 atom stereocenters. The zero-order chi connectivity index (χ0) is 11.5. The molecule has 3 nitrogen and oxygen atoms in total. The number of aromatic hydroxyl groups is 2. The molecule has 17 heavy (non-hydrogen) atoms. The van der Waals surface area contributed by atoms with E-state index in [-0.39, 0.29) is 50.1 Å². The van der Waals surface area contributed by atoms with Gasteiger partial charge in [0.05, 0.1) is 5.56 Å². The quantitative estimate of drug-likeness (QED) is 0.568. The van der Waals surface area contributed by atoms with Crippen LogP contribution in [0.15, 0.2) is 48.5 Å². The molecule has 0 fully saturated rings. The van der Waals surface area contributed by atoms with E-state index in [1.165, 1.54) is 12.1 Å². The van der Waals surface area contributed by atoms with Gasteiger partial charge < -0.3 is 10.2 Å². The maximum atomic E-state index is 11.9. The number of hydrogen-bond donors (Lipinski definition) is 2. The summed E-state index contributed by atoms with van der Waals surface area (Å²) in [6, 6.07) is 12.6. The summed E-state index contributed by atoms with van der Waals surface area (Å²) in [5.74, 6) is -0.547. The summed E-state index contributed by atoms with van der Waals surface area (Å²) >= 11 is 0. The van der Waals surface area contributed by atoms with Crippen LogP contribution in [-0.4, -0.2) is 43.3 Å². The number of carbonyl (C=O) groups is 1. The van der Waals surface area contributed by atoms with Crippen LogP contribution >= 0.6 is 0 Å². The predicted molar refractivity (Wildman–Crippen MR) is 68.2 cm³/mol. The van der Waals surface area contributed by atoms with Crippen LogP contribution < -0.4 is 0 Å². The Kier molecular flexibility index (Phi) is 4.68. The van der Waals surface area contributed by atoms with E-state index in [0.29, 0.717) is 5.56 Å². The first-order valence-electron chi connectivity index (χ1n) is 4.80. The number of phenols is 2. The number of rotatable bonds is 2. The number of carbonyl (C=O) groups excluding carboxylic acids is 1. The zero-order valence-electron chi connectivity index (χ0n) is 9.13. The van der Waals surface area contributed by atoms with Crippen molar-refractivity contribution in [3.05, 3.63) is 59.7 Å². The van der Waals surface area contributed by atoms with Gasteiger partial charge in [-0.05, 0) is 12.1 Å². The van der Waals surface area contributed by atoms with Crippen LogP contribution in [0.25, 0.3) is 0 Å². The molecule has 0 aliphatic heterocycles. The Morgan fingerprint density at radius 1 is 0.941 bits per heavy atom. The molecule has 0 amide bonds. The van der Waals surface area contributed by atoms with Crippen molar-refractivity contribution < 1.29 is 15.0 Å². The standard InChI is InChI=1S/C13H10O3.Pb.2H/c14-10-6-7-11(12(15)8-10)13(16)9-4-2-1-3-5-9;;;/h1-8,14-15H;;;. The second-order valence-corrected chi connectivity index (χ2v) is 3.40. The van der Waals surface area contributed by atoms with Gasteiger partial charge >= 0.3 is 27.3 Å². The Labute approximate surface area is 119 Å². The summed E-state index contributed by atoms with van der Waals surface area (Å²) in [7, 11) is 0. The van der Waals surface area contributed by atoms with Crippen LogP contribution in [0, 0.1) is 0 Å². The van der Waals surface area contributed by atoms with Gasteiger partial charge in [0.25, 0.3) is 0 Å². The monoisotopic (exact) mass is 424 g/mol. The molecule has 2 aromatic rings. The Hall–Kier alpha value is -1.37. The van der Waals surface area contributed by atoms with E-state index in [1.807, 2.05) is 6.07 Å². The van der Waals surface area contributed by atoms with Gasteiger partial charge in [-0.15, -0.1) is 0 Å². The summed E-state index contributed by atoms with van der Waals surface area (Å²) in [5.41, 5.74) is 0.687. The van der Waals surface area contributed by atoms with E-state index in [9.17, 15) is 9.90 Å². The predicted octanol–water partition coefficient (Wildman–Crippen LogP) is 1.41. The fourth-order valence-electron chi connectivity index (χ4n) is 1.46. The number of phenolic OH excluding ortho intramolecular Hbond substituents is 2. The fraction of sp³-hybridized carbons (Fsp3) is 0. The Balaban J connectivity index is 0.00000144. The molecule has 0 aliphatic carbocycles. The summed E-state index contributed by atoms with van der Waals surface area (Å²) in [4.78, 5) is 11.9. The summed E-state index contributed by atoms with van der Waals surface area (Å²) in [5, 5.41) is 18.7. The van der Waals surface area contributed by atoms with Crippen LogP contribution in [0.1, 0.15) is 15.9 Å². The van der Waals surface area contributed by atoms with Crippen LogP contribution in [0.5, 0.6) is 11.5 Å². The van der Waals surface area contributed by atoms with Crippen LogP contribution in [-0.2, 0) is 0 Å². The molecular weight excluding hydrogens is 411 g/mol. The van der Waals surface area contributed by atoms with E-state index >= 15 is 0 Å². The number of benzene rings is 2. The molecule has 0 spiro atoms. The van der Waals surface area contributed by atoms with Gasteiger partial charge in [-0.3, -0.25) is 4.79 Å². The van der Waals surface area contributed by atoms with Crippen molar-refractivity contribution in [3.63, 3.8) is 0 Å². The molecule has 4 heteroatoms. The average molecular weight is 423 g/mol. The topological polar surface area (TPSA) is 57.5 Å². The molecule has 0 unspecified atom stereocenters. The second kappa shape index (κ2) is 5.81. The van der Waals surface area contributed by atoms with Gasteiger partial charge in [-0.25, -0.2) is 0 Å². The summed E-state index contributed by atoms with van der Waals surface area (Å²) in [6.45, 7) is 0. The first-order chi connectivity index (χ1) is 7.68. The van der Waals surface area contributed by atoms with E-state index < -0.39 is 0 Å². The van der Waals surface area contributed by atoms with Crippen LogP contribution in [0.2, 0.25) is 0 Å². The summed E-state index contributed by atoms with van der Waals surface area (Å²) < 4.78 is 0. The molecule has 0 aromatic heterocycles. The third-order valence-electron chi connectivity index (χ3n) is 2.26. The Morgan fingerprint density at radius 2 is 1.59 bits per heavy atom. The Bertz CT molecular complexity index is 523. The van der Waals surface area contributed by atoms with E-state index in [4.69, 9.17) is 5.11 Å². The van der Waals surface area contributed by atoms with Gasteiger partial charge in [0.15, 0.2) is 5.78 Å². The van der Waals surface area contributed by atoms with Gasteiger partial charge in [0, 0.05) is 11.6 Å². The van der Waals surface area contributed by atoms with E-state index in [1.54, 1.807) is 24.3 Å². The zero-order valence-corrected chi connectivity index (χ0v) is 14.6. The van der Waals surface area contributed by atoms with Gasteiger partial charge in [-0.2, -0.15) is 0 Å². The first-order valence-corrected chi connectivity index (χ1v) is 4.80. The maximum absolute atomic E-state index is 11.9. The van der Waals surface area contributed by atoms with Crippen LogP contribution in [0.4, 0.5) is 0 Å². The molecular formula is C13H12O3Pb. The molecule has 86 valence electrons.